The van der Waals surface area contributed by atoms with Gasteiger partial charge in [-0.1, -0.05) is 84.1 Å². The number of hydrogen-bond acceptors (Lipinski definition) is 8. The predicted molar refractivity (Wildman–Crippen MR) is 182 cm³/mol. The Hall–Kier alpha value is -3.56. The van der Waals surface area contributed by atoms with Gasteiger partial charge in [0.15, 0.2) is 0 Å². The zero-order valence-corrected chi connectivity index (χ0v) is 28.9. The molecular formula is C32H29BrN4O6S3. The number of hydrogen-bond donors (Lipinski definition) is 2. The second-order valence-corrected chi connectivity index (χ2v) is 16.7. The molecular weight excluding hydrogens is 712 g/mol. The average molecular weight is 742 g/mol. The fraction of sp³-hybridized carbons (Fsp3) is 0.250. The lowest BCUT2D eigenvalue weighted by atomic mass is 9.81. The highest BCUT2D eigenvalue weighted by atomic mass is 79.9. The number of halogens is 1. The molecule has 3 heterocycles. The van der Waals surface area contributed by atoms with Gasteiger partial charge in [-0.3, -0.25) is 23.7 Å². The summed E-state index contributed by atoms with van der Waals surface area (Å²) in [5.74, 6) is -2.58. The number of carbonyl (C=O) groups is 3. The van der Waals surface area contributed by atoms with Gasteiger partial charge in [0.05, 0.1) is 21.5 Å². The van der Waals surface area contributed by atoms with E-state index in [1.54, 1.807) is 24.3 Å². The number of nitrogens with one attached hydrogen (secondary N) is 1. The van der Waals surface area contributed by atoms with Gasteiger partial charge in [0, 0.05) is 21.0 Å². The van der Waals surface area contributed by atoms with Gasteiger partial charge in [0.1, 0.15) is 11.8 Å². The highest BCUT2D eigenvalue weighted by Crippen LogP contribution is 2.54. The lowest BCUT2D eigenvalue weighted by Gasteiger charge is -2.31. The predicted octanol–water partition coefficient (Wildman–Crippen LogP) is 5.05. The molecule has 14 heteroatoms. The number of fused-ring (bicyclic) bond motifs is 2. The summed E-state index contributed by atoms with van der Waals surface area (Å²) in [6.07, 6.45) is 0. The maximum atomic E-state index is 14.1. The molecule has 3 atom stereocenters. The number of carbonyl (C=O) groups excluding carboxylic acids is 3. The average Bonchev–Trinajstić information content (AvgIpc) is 3.43. The summed E-state index contributed by atoms with van der Waals surface area (Å²) >= 11 is 5.51. The van der Waals surface area contributed by atoms with Crippen LogP contribution in [0.3, 0.4) is 0 Å². The summed E-state index contributed by atoms with van der Waals surface area (Å²) in [5, 5.41) is 7.49. The van der Waals surface area contributed by atoms with E-state index in [0.717, 1.165) is 38.7 Å². The highest BCUT2D eigenvalue weighted by molar-refractivity contribution is 9.10. The summed E-state index contributed by atoms with van der Waals surface area (Å²) < 4.78 is 25.3. The Morgan fingerprint density at radius 1 is 0.935 bits per heavy atom. The number of thioether (sulfide) groups is 1. The zero-order valence-electron chi connectivity index (χ0n) is 24.9. The summed E-state index contributed by atoms with van der Waals surface area (Å²) in [7, 11) is -3.90. The van der Waals surface area contributed by atoms with Crippen LogP contribution in [0.4, 0.5) is 11.4 Å². The molecule has 3 aromatic carbocycles. The maximum absolute atomic E-state index is 14.1. The number of nitrogens with two attached hydrogens (primary N) is 1. The molecule has 0 unspecified atom stereocenters. The lowest BCUT2D eigenvalue weighted by Crippen LogP contribution is -2.33. The minimum Gasteiger partial charge on any atom is -0.325 e. The van der Waals surface area contributed by atoms with Crippen LogP contribution in [0, 0.1) is 5.92 Å². The Kier molecular flexibility index (Phi) is 8.38. The molecule has 2 aliphatic heterocycles. The monoisotopic (exact) mass is 740 g/mol. The van der Waals surface area contributed by atoms with Crippen LogP contribution in [0.2, 0.25) is 0 Å². The van der Waals surface area contributed by atoms with Crippen LogP contribution in [0.15, 0.2) is 92.0 Å². The molecule has 3 amide bonds. The van der Waals surface area contributed by atoms with Crippen LogP contribution in [0.25, 0.3) is 0 Å². The van der Waals surface area contributed by atoms with E-state index >= 15 is 0 Å². The topological polar surface area (TPSA) is 149 Å². The van der Waals surface area contributed by atoms with Crippen molar-refractivity contribution in [2.24, 2.45) is 11.1 Å². The SMILES string of the molecule is CC(C)(C)c1ccc([C@@H]2c3sc(=O)n(CC(=O)Nc4ccc(S(N)(=O)=O)cc4)c3S[C@@H]3C(=O)N(c4ccc(Br)cc4)C(=O)[C@H]23)cc1. The van der Waals surface area contributed by atoms with Crippen molar-refractivity contribution in [2.75, 3.05) is 10.2 Å². The van der Waals surface area contributed by atoms with Crippen LogP contribution in [0.1, 0.15) is 42.7 Å². The first-order valence-electron chi connectivity index (χ1n) is 14.2. The number of benzene rings is 3. The smallest absolute Gasteiger partial charge is 0.308 e. The summed E-state index contributed by atoms with van der Waals surface area (Å²) in [5.41, 5.74) is 2.58. The highest BCUT2D eigenvalue weighted by Gasteiger charge is 2.56. The maximum Gasteiger partial charge on any atom is 0.308 e. The number of primary sulfonamides is 1. The summed E-state index contributed by atoms with van der Waals surface area (Å²) in [6.45, 7) is 5.97. The lowest BCUT2D eigenvalue weighted by molar-refractivity contribution is -0.122. The van der Waals surface area contributed by atoms with Crippen LogP contribution >= 0.6 is 39.0 Å². The summed E-state index contributed by atoms with van der Waals surface area (Å²) in [6, 6.07) is 20.2. The molecule has 0 spiro atoms. The molecule has 0 aliphatic carbocycles. The molecule has 6 rings (SSSR count). The Balaban J connectivity index is 1.38. The van der Waals surface area contributed by atoms with Gasteiger partial charge >= 0.3 is 4.87 Å². The molecule has 3 N–H and O–H groups in total. The minimum absolute atomic E-state index is 0.103. The van der Waals surface area contributed by atoms with Gasteiger partial charge in [-0.25, -0.2) is 18.5 Å². The summed E-state index contributed by atoms with van der Waals surface area (Å²) in [4.78, 5) is 56.0. The molecule has 4 aromatic rings. The number of anilines is 2. The normalized spacial score (nSPS) is 19.6. The van der Waals surface area contributed by atoms with E-state index in [2.05, 4.69) is 42.0 Å². The van der Waals surface area contributed by atoms with E-state index in [0.29, 0.717) is 21.3 Å². The number of thiazole rings is 1. The Labute approximate surface area is 282 Å². The largest absolute Gasteiger partial charge is 0.325 e. The molecule has 1 fully saturated rings. The fourth-order valence-corrected chi connectivity index (χ4v) is 9.27. The first-order chi connectivity index (χ1) is 21.6. The third-order valence-electron chi connectivity index (χ3n) is 8.04. The Bertz CT molecular complexity index is 2030. The standard InChI is InChI=1S/C32H29BrN4O6S3/c1-32(2,3)18-6-4-17(5-7-18)24-25-26(29(40)37(28(25)39)21-12-8-19(33)9-13-21)44-30-27(24)45-31(41)36(30)16-23(38)35-20-10-14-22(15-11-20)46(34,42)43/h4-15,24-26H,16H2,1-3H3,(H,35,38)(H2,34,42,43)/t24-,25+,26-/m0/s1. The number of amides is 3. The first kappa shape index (κ1) is 32.4. The molecule has 46 heavy (non-hydrogen) atoms. The van der Waals surface area contributed by atoms with Crippen molar-refractivity contribution >= 4 is 78.1 Å². The van der Waals surface area contributed by atoms with Crippen LogP contribution in [-0.4, -0.2) is 36.0 Å². The van der Waals surface area contributed by atoms with Crippen LogP contribution < -0.4 is 20.2 Å². The van der Waals surface area contributed by atoms with Crippen LogP contribution in [-0.2, 0) is 36.4 Å². The molecule has 238 valence electrons. The third kappa shape index (κ3) is 5.99. The van der Waals surface area contributed by atoms with E-state index in [-0.39, 0.29) is 28.7 Å². The molecule has 10 nitrogen and oxygen atoms in total. The van der Waals surface area contributed by atoms with Crippen molar-refractivity contribution in [3.63, 3.8) is 0 Å². The number of sulfonamides is 1. The van der Waals surface area contributed by atoms with Gasteiger partial charge in [-0.05, 0) is 65.1 Å². The van der Waals surface area contributed by atoms with Crippen molar-refractivity contribution in [3.05, 3.63) is 103 Å². The van der Waals surface area contributed by atoms with E-state index in [1.165, 1.54) is 33.7 Å². The quantitative estimate of drug-likeness (QED) is 0.263. The van der Waals surface area contributed by atoms with E-state index in [4.69, 9.17) is 5.14 Å². The van der Waals surface area contributed by atoms with Crippen molar-refractivity contribution in [2.45, 2.75) is 53.8 Å². The van der Waals surface area contributed by atoms with Crippen molar-refractivity contribution in [3.8, 4) is 0 Å². The number of imide groups is 1. The zero-order chi connectivity index (χ0) is 33.1. The Morgan fingerprint density at radius 2 is 1.57 bits per heavy atom. The minimum atomic E-state index is -3.90. The van der Waals surface area contributed by atoms with Crippen molar-refractivity contribution in [1.82, 2.24) is 4.57 Å². The molecule has 0 bridgehead atoms. The van der Waals surface area contributed by atoms with Gasteiger partial charge in [-0.15, -0.1) is 0 Å². The van der Waals surface area contributed by atoms with Crippen LogP contribution in [0.5, 0.6) is 0 Å². The molecule has 2 aliphatic rings. The second kappa shape index (κ2) is 11.9. The van der Waals surface area contributed by atoms with E-state index in [1.807, 2.05) is 24.3 Å². The molecule has 0 radical (unpaired) electrons. The molecule has 0 saturated carbocycles. The van der Waals surface area contributed by atoms with E-state index in [9.17, 15) is 27.6 Å². The van der Waals surface area contributed by atoms with Gasteiger partial charge < -0.3 is 5.32 Å². The Morgan fingerprint density at radius 3 is 2.15 bits per heavy atom. The number of aromatic nitrogens is 1. The molecule has 1 aromatic heterocycles. The van der Waals surface area contributed by atoms with Gasteiger partial charge in [-0.2, -0.15) is 0 Å². The number of rotatable bonds is 6. The van der Waals surface area contributed by atoms with E-state index < -0.39 is 37.9 Å². The van der Waals surface area contributed by atoms with Crippen molar-refractivity contribution in [1.29, 1.82) is 0 Å². The third-order valence-corrected chi connectivity index (χ3v) is 12.1. The fourth-order valence-electron chi connectivity index (χ4n) is 5.72. The first-order valence-corrected chi connectivity index (χ1v) is 18.2. The second-order valence-electron chi connectivity index (χ2n) is 12.1. The van der Waals surface area contributed by atoms with Crippen molar-refractivity contribution < 1.29 is 22.8 Å². The van der Waals surface area contributed by atoms with Gasteiger partial charge in [0.25, 0.3) is 0 Å². The molecule has 1 saturated heterocycles. The van der Waals surface area contributed by atoms with Gasteiger partial charge in [0.2, 0.25) is 27.7 Å². The number of nitrogens with zero attached hydrogens (tertiary/aromatic N) is 2.